The molecule has 1 aromatic heterocycles. The zero-order chi connectivity index (χ0) is 18.1. The Balaban J connectivity index is 1.58. The maximum atomic E-state index is 12.2. The lowest BCUT2D eigenvalue weighted by Crippen LogP contribution is -2.05. The highest BCUT2D eigenvalue weighted by molar-refractivity contribution is 8.18. The fourth-order valence-corrected chi connectivity index (χ4v) is 3.66. The summed E-state index contributed by atoms with van der Waals surface area (Å²) in [6.45, 7) is 0. The summed E-state index contributed by atoms with van der Waals surface area (Å²) in [5, 5.41) is 4.31. The van der Waals surface area contributed by atoms with Gasteiger partial charge in [-0.05, 0) is 42.1 Å². The van der Waals surface area contributed by atoms with E-state index in [1.165, 1.54) is 11.8 Å². The van der Waals surface area contributed by atoms with E-state index in [4.69, 9.17) is 23.2 Å². The minimum Gasteiger partial charge on any atom is -0.332 e. The molecule has 0 bridgehead atoms. The summed E-state index contributed by atoms with van der Waals surface area (Å²) < 4.78 is 0. The van der Waals surface area contributed by atoms with Gasteiger partial charge in [-0.3, -0.25) is 9.78 Å². The summed E-state index contributed by atoms with van der Waals surface area (Å²) in [6.07, 6.45) is 3.29. The number of hydrogen-bond acceptors (Lipinski definition) is 5. The molecule has 128 valence electrons. The van der Waals surface area contributed by atoms with Gasteiger partial charge in [-0.1, -0.05) is 41.4 Å². The minimum atomic E-state index is -0.351. The fraction of sp³-hybridized carbons (Fsp3) is 0. The first-order valence-corrected chi connectivity index (χ1v) is 9.13. The maximum Gasteiger partial charge on any atom is 0.286 e. The largest absolute Gasteiger partial charge is 0.332 e. The average Bonchev–Trinajstić information content (AvgIpc) is 2.97. The highest BCUT2D eigenvalue weighted by atomic mass is 35.5. The smallest absolute Gasteiger partial charge is 0.286 e. The van der Waals surface area contributed by atoms with E-state index in [1.54, 1.807) is 30.5 Å². The second-order valence-corrected chi connectivity index (χ2v) is 7.18. The Morgan fingerprint density at radius 1 is 1.00 bits per heavy atom. The van der Waals surface area contributed by atoms with Crippen molar-refractivity contribution < 1.29 is 4.79 Å². The normalized spacial score (nSPS) is 15.5. The van der Waals surface area contributed by atoms with Gasteiger partial charge in [0.25, 0.3) is 5.91 Å². The van der Waals surface area contributed by atoms with Crippen molar-refractivity contribution in [3.8, 4) is 0 Å². The number of carbonyl (C=O) groups is 1. The van der Waals surface area contributed by atoms with Gasteiger partial charge in [0.2, 0.25) is 0 Å². The number of fused-ring (bicyclic) bond motifs is 1. The molecule has 0 saturated heterocycles. The van der Waals surface area contributed by atoms with E-state index in [0.717, 1.165) is 11.0 Å². The van der Waals surface area contributed by atoms with Gasteiger partial charge in [0.05, 0.1) is 43.6 Å². The average molecular weight is 401 g/mol. The number of aromatic nitrogens is 2. The summed E-state index contributed by atoms with van der Waals surface area (Å²) in [7, 11) is 0. The number of nitrogens with one attached hydrogen (secondary N) is 1. The fourth-order valence-electron chi connectivity index (χ4n) is 2.36. The van der Waals surface area contributed by atoms with Crippen molar-refractivity contribution in [3.63, 3.8) is 0 Å². The predicted molar refractivity (Wildman–Crippen MR) is 108 cm³/mol. The Hall–Kier alpha value is -2.41. The number of benzene rings is 2. The van der Waals surface area contributed by atoms with Crippen LogP contribution >= 0.6 is 35.0 Å². The van der Waals surface area contributed by atoms with Gasteiger partial charge in [0, 0.05) is 0 Å². The highest BCUT2D eigenvalue weighted by Crippen LogP contribution is 2.34. The van der Waals surface area contributed by atoms with Gasteiger partial charge < -0.3 is 5.32 Å². The summed E-state index contributed by atoms with van der Waals surface area (Å²) in [5.41, 5.74) is 2.67. The molecule has 2 heterocycles. The molecule has 1 amide bonds. The zero-order valence-corrected chi connectivity index (χ0v) is 15.4. The van der Waals surface area contributed by atoms with Crippen LogP contribution < -0.4 is 5.32 Å². The third kappa shape index (κ3) is 3.44. The molecule has 5 nitrogen and oxygen atoms in total. The Bertz CT molecular complexity index is 1080. The number of rotatable bonds is 2. The number of thioether (sulfide) groups is 1. The minimum absolute atomic E-state index is 0.351. The number of para-hydroxylation sites is 3. The molecule has 0 spiro atoms. The van der Waals surface area contributed by atoms with E-state index >= 15 is 0 Å². The van der Waals surface area contributed by atoms with Crippen LogP contribution in [-0.4, -0.2) is 21.0 Å². The molecule has 3 aromatic rings. The number of halogens is 2. The van der Waals surface area contributed by atoms with Crippen LogP contribution in [0.1, 0.15) is 5.69 Å². The van der Waals surface area contributed by atoms with Crippen molar-refractivity contribution in [2.75, 3.05) is 5.32 Å². The second-order valence-electron chi connectivity index (χ2n) is 5.34. The molecule has 0 radical (unpaired) electrons. The molecule has 0 unspecified atom stereocenters. The Kier molecular flexibility index (Phi) is 4.63. The van der Waals surface area contributed by atoms with Crippen LogP contribution in [0.15, 0.2) is 58.6 Å². The van der Waals surface area contributed by atoms with Crippen molar-refractivity contribution >= 4 is 68.8 Å². The molecule has 0 fully saturated rings. The number of aliphatic imine (C=N–C) groups is 1. The molecule has 0 saturated carbocycles. The highest BCUT2D eigenvalue weighted by Gasteiger charge is 2.23. The van der Waals surface area contributed by atoms with Gasteiger partial charge in [-0.25, -0.2) is 4.98 Å². The summed E-state index contributed by atoms with van der Waals surface area (Å²) in [6, 6.07) is 12.7. The van der Waals surface area contributed by atoms with E-state index in [-0.39, 0.29) is 5.91 Å². The van der Waals surface area contributed by atoms with Gasteiger partial charge >= 0.3 is 0 Å². The van der Waals surface area contributed by atoms with Crippen LogP contribution in [0, 0.1) is 0 Å². The monoisotopic (exact) mass is 400 g/mol. The van der Waals surface area contributed by atoms with Gasteiger partial charge in [-0.15, -0.1) is 0 Å². The number of anilines is 1. The molecule has 1 aliphatic rings. The standard InChI is InChI=1S/C18H10Cl2N4OS/c19-11-4-3-5-12(20)16(11)23-18-24-17(25)15(26-18)8-10-9-21-13-6-1-2-7-14(13)22-10/h1-9H,(H,23,24,25). The van der Waals surface area contributed by atoms with Crippen LogP contribution in [0.3, 0.4) is 0 Å². The summed E-state index contributed by atoms with van der Waals surface area (Å²) in [4.78, 5) is 25.5. The first kappa shape index (κ1) is 17.0. The number of nitrogens with zero attached hydrogens (tertiary/aromatic N) is 3. The molecule has 0 atom stereocenters. The topological polar surface area (TPSA) is 67.2 Å². The Morgan fingerprint density at radius 2 is 1.73 bits per heavy atom. The summed E-state index contributed by atoms with van der Waals surface area (Å²) >= 11 is 13.5. The Labute approximate surface area is 163 Å². The van der Waals surface area contributed by atoms with Crippen LogP contribution in [0.2, 0.25) is 10.0 Å². The van der Waals surface area contributed by atoms with E-state index in [1.807, 2.05) is 24.3 Å². The van der Waals surface area contributed by atoms with Crippen LogP contribution in [0.25, 0.3) is 17.1 Å². The van der Waals surface area contributed by atoms with E-state index in [2.05, 4.69) is 20.3 Å². The summed E-state index contributed by atoms with van der Waals surface area (Å²) in [5.74, 6) is -0.351. The molecule has 0 aliphatic carbocycles. The first-order chi connectivity index (χ1) is 12.6. The van der Waals surface area contributed by atoms with Gasteiger partial charge in [0.1, 0.15) is 0 Å². The lowest BCUT2D eigenvalue weighted by Gasteiger charge is -2.08. The predicted octanol–water partition coefficient (Wildman–Crippen LogP) is 5.02. The van der Waals surface area contributed by atoms with Crippen LogP contribution in [0.5, 0.6) is 0 Å². The third-order valence-electron chi connectivity index (χ3n) is 3.56. The van der Waals surface area contributed by atoms with Crippen molar-refractivity contribution in [2.45, 2.75) is 0 Å². The second kappa shape index (κ2) is 7.07. The quantitative estimate of drug-likeness (QED) is 0.611. The number of hydrogen-bond donors (Lipinski definition) is 1. The van der Waals surface area contributed by atoms with E-state index < -0.39 is 0 Å². The third-order valence-corrected chi connectivity index (χ3v) is 5.09. The van der Waals surface area contributed by atoms with Crippen molar-refractivity contribution in [1.82, 2.24) is 9.97 Å². The lowest BCUT2D eigenvalue weighted by atomic mass is 10.3. The van der Waals surface area contributed by atoms with Gasteiger partial charge in [0.15, 0.2) is 5.17 Å². The lowest BCUT2D eigenvalue weighted by molar-refractivity contribution is -0.113. The molecule has 1 N–H and O–H groups in total. The van der Waals surface area contributed by atoms with E-state index in [0.29, 0.717) is 31.5 Å². The SMILES string of the molecule is O=C1N=C(Nc2c(Cl)cccc2Cl)SC1=Cc1cnc2ccccc2n1. The molecule has 4 rings (SSSR count). The molecular weight excluding hydrogens is 391 g/mol. The zero-order valence-electron chi connectivity index (χ0n) is 13.1. The van der Waals surface area contributed by atoms with Crippen molar-refractivity contribution in [1.29, 1.82) is 0 Å². The van der Waals surface area contributed by atoms with Crippen LogP contribution in [-0.2, 0) is 4.79 Å². The molecular formula is C18H10Cl2N4OS. The molecule has 8 heteroatoms. The van der Waals surface area contributed by atoms with Gasteiger partial charge in [-0.2, -0.15) is 4.99 Å². The number of carbonyl (C=O) groups excluding carboxylic acids is 1. The Morgan fingerprint density at radius 3 is 2.50 bits per heavy atom. The van der Waals surface area contributed by atoms with Crippen molar-refractivity contribution in [3.05, 3.63) is 69.3 Å². The van der Waals surface area contributed by atoms with Crippen LogP contribution in [0.4, 0.5) is 5.69 Å². The number of amides is 1. The van der Waals surface area contributed by atoms with Crippen molar-refractivity contribution in [2.24, 2.45) is 4.99 Å². The molecule has 2 aromatic carbocycles. The number of amidine groups is 1. The molecule has 1 aliphatic heterocycles. The molecule has 26 heavy (non-hydrogen) atoms. The first-order valence-electron chi connectivity index (χ1n) is 7.55. The van der Waals surface area contributed by atoms with E-state index in [9.17, 15) is 4.79 Å². The maximum absolute atomic E-state index is 12.2.